The lowest BCUT2D eigenvalue weighted by atomic mass is 10.0. The molecular formula is C28H26ClN3O3S. The Morgan fingerprint density at radius 1 is 1.00 bits per heavy atom. The fraction of sp³-hybridized carbons (Fsp3) is 0.179. The third kappa shape index (κ3) is 5.98. The molecule has 0 unspecified atom stereocenters. The normalized spacial score (nSPS) is 10.9. The van der Waals surface area contributed by atoms with E-state index in [1.165, 1.54) is 11.8 Å². The molecule has 3 aromatic carbocycles. The lowest BCUT2D eigenvalue weighted by Gasteiger charge is -2.13. The zero-order valence-corrected chi connectivity index (χ0v) is 21.8. The number of hydrogen-bond donors (Lipinski definition) is 2. The van der Waals surface area contributed by atoms with Crippen LogP contribution in [0.25, 0.3) is 16.8 Å². The first-order valence-corrected chi connectivity index (χ1v) is 12.7. The van der Waals surface area contributed by atoms with E-state index in [-0.39, 0.29) is 18.1 Å². The summed E-state index contributed by atoms with van der Waals surface area (Å²) < 4.78 is 1.96. The number of amides is 1. The second-order valence-electron chi connectivity index (χ2n) is 8.61. The minimum atomic E-state index is -0.852. The monoisotopic (exact) mass is 519 g/mol. The number of thioether (sulfide) groups is 1. The number of imidazole rings is 1. The van der Waals surface area contributed by atoms with Gasteiger partial charge in [0.1, 0.15) is 0 Å². The Morgan fingerprint density at radius 3 is 2.39 bits per heavy atom. The van der Waals surface area contributed by atoms with E-state index in [0.29, 0.717) is 10.2 Å². The molecule has 0 fully saturated rings. The van der Waals surface area contributed by atoms with E-state index >= 15 is 0 Å². The van der Waals surface area contributed by atoms with E-state index in [0.717, 1.165) is 44.9 Å². The van der Waals surface area contributed by atoms with Crippen molar-refractivity contribution in [3.63, 3.8) is 0 Å². The molecule has 1 heterocycles. The van der Waals surface area contributed by atoms with Crippen molar-refractivity contribution in [2.24, 2.45) is 0 Å². The molecule has 1 aromatic heterocycles. The molecule has 6 nitrogen and oxygen atoms in total. The fourth-order valence-corrected chi connectivity index (χ4v) is 5.04. The smallest absolute Gasteiger partial charge is 0.307 e. The standard InChI is InChI=1S/C28H26ClN3O3S/c1-17-4-11-25(23(29)12-17)32-19(3)15-30-28(32)36-16-26(33)31-24-10-9-22(13-18(24)2)21-7-5-20(6-8-21)14-27(34)35/h4-13,15H,14,16H2,1-3H3,(H,31,33)(H,34,35). The molecule has 0 aliphatic rings. The summed E-state index contributed by atoms with van der Waals surface area (Å²) in [4.78, 5) is 28.1. The molecule has 0 bridgehead atoms. The number of nitrogens with one attached hydrogen (secondary N) is 1. The van der Waals surface area contributed by atoms with Crippen LogP contribution in [0.1, 0.15) is 22.4 Å². The molecule has 0 radical (unpaired) electrons. The third-order valence-electron chi connectivity index (χ3n) is 5.73. The Balaban J connectivity index is 1.42. The van der Waals surface area contributed by atoms with Gasteiger partial charge in [0, 0.05) is 17.6 Å². The van der Waals surface area contributed by atoms with Crippen LogP contribution in [0.2, 0.25) is 5.02 Å². The van der Waals surface area contributed by atoms with Gasteiger partial charge in [-0.15, -0.1) is 0 Å². The van der Waals surface area contributed by atoms with Crippen molar-refractivity contribution < 1.29 is 14.7 Å². The number of aliphatic carboxylic acids is 1. The number of rotatable bonds is 8. The van der Waals surface area contributed by atoms with E-state index < -0.39 is 5.97 Å². The van der Waals surface area contributed by atoms with Gasteiger partial charge in [-0.05, 0) is 72.9 Å². The third-order valence-corrected chi connectivity index (χ3v) is 6.98. The summed E-state index contributed by atoms with van der Waals surface area (Å²) in [5, 5.41) is 13.3. The molecule has 36 heavy (non-hydrogen) atoms. The SMILES string of the molecule is Cc1ccc(-n2c(C)cnc2SCC(=O)Nc2ccc(-c3ccc(CC(=O)O)cc3)cc2C)c(Cl)c1. The Morgan fingerprint density at radius 2 is 1.72 bits per heavy atom. The van der Waals surface area contributed by atoms with Crippen LogP contribution < -0.4 is 5.32 Å². The van der Waals surface area contributed by atoms with E-state index in [1.807, 2.05) is 86.0 Å². The van der Waals surface area contributed by atoms with Gasteiger partial charge in [-0.2, -0.15) is 0 Å². The minimum Gasteiger partial charge on any atom is -0.481 e. The summed E-state index contributed by atoms with van der Waals surface area (Å²) in [5.74, 6) is -0.780. The highest BCUT2D eigenvalue weighted by atomic mass is 35.5. The minimum absolute atomic E-state index is 0.000160. The molecule has 0 aliphatic carbocycles. The Labute approximate surface area is 219 Å². The maximum atomic E-state index is 12.7. The molecule has 8 heteroatoms. The van der Waals surface area contributed by atoms with Gasteiger partial charge in [-0.25, -0.2) is 4.98 Å². The van der Waals surface area contributed by atoms with Gasteiger partial charge in [0.05, 0.1) is 22.9 Å². The van der Waals surface area contributed by atoms with Crippen LogP contribution in [-0.2, 0) is 16.0 Å². The van der Waals surface area contributed by atoms with Crippen LogP contribution in [0.5, 0.6) is 0 Å². The van der Waals surface area contributed by atoms with E-state index in [1.54, 1.807) is 6.20 Å². The molecule has 4 aromatic rings. The number of hydrogen-bond acceptors (Lipinski definition) is 4. The van der Waals surface area contributed by atoms with Gasteiger partial charge >= 0.3 is 5.97 Å². The molecule has 2 N–H and O–H groups in total. The van der Waals surface area contributed by atoms with Gasteiger partial charge in [0.15, 0.2) is 5.16 Å². The average Bonchev–Trinajstić information content (AvgIpc) is 3.19. The molecule has 0 atom stereocenters. The Kier molecular flexibility index (Phi) is 7.82. The Bertz CT molecular complexity index is 1430. The van der Waals surface area contributed by atoms with Crippen molar-refractivity contribution in [1.29, 1.82) is 0 Å². The van der Waals surface area contributed by atoms with Gasteiger partial charge in [-0.1, -0.05) is 59.8 Å². The molecule has 0 saturated heterocycles. The first kappa shape index (κ1) is 25.5. The highest BCUT2D eigenvalue weighted by Gasteiger charge is 2.15. The fourth-order valence-electron chi connectivity index (χ4n) is 3.89. The van der Waals surface area contributed by atoms with Gasteiger partial charge in [0.25, 0.3) is 0 Å². The number of carboxylic acid groups (broad SMARTS) is 1. The maximum Gasteiger partial charge on any atom is 0.307 e. The lowest BCUT2D eigenvalue weighted by Crippen LogP contribution is -2.15. The number of nitrogens with zero attached hydrogens (tertiary/aromatic N) is 2. The quantitative estimate of drug-likeness (QED) is 0.260. The summed E-state index contributed by atoms with van der Waals surface area (Å²) in [5.41, 5.74) is 7.26. The zero-order valence-electron chi connectivity index (χ0n) is 20.2. The van der Waals surface area contributed by atoms with Crippen LogP contribution >= 0.6 is 23.4 Å². The number of carbonyl (C=O) groups excluding carboxylic acids is 1. The molecule has 184 valence electrons. The summed E-state index contributed by atoms with van der Waals surface area (Å²) in [6.45, 7) is 5.89. The van der Waals surface area contributed by atoms with Gasteiger partial charge in [-0.3, -0.25) is 14.2 Å². The van der Waals surface area contributed by atoms with E-state index in [4.69, 9.17) is 16.7 Å². The van der Waals surface area contributed by atoms with Crippen molar-refractivity contribution in [1.82, 2.24) is 9.55 Å². The predicted octanol–water partition coefficient (Wildman–Crippen LogP) is 6.48. The number of aromatic nitrogens is 2. The van der Waals surface area contributed by atoms with E-state index in [2.05, 4.69) is 10.3 Å². The first-order chi connectivity index (χ1) is 17.2. The zero-order chi connectivity index (χ0) is 25.8. The second kappa shape index (κ2) is 11.0. The van der Waals surface area contributed by atoms with Crippen LogP contribution in [0.4, 0.5) is 5.69 Å². The van der Waals surface area contributed by atoms with Crippen LogP contribution in [-0.4, -0.2) is 32.3 Å². The predicted molar refractivity (Wildman–Crippen MR) is 145 cm³/mol. The molecule has 0 saturated carbocycles. The number of aryl methyl sites for hydroxylation is 3. The molecule has 0 aliphatic heterocycles. The van der Waals surface area contributed by atoms with Crippen LogP contribution in [0.15, 0.2) is 72.0 Å². The van der Waals surface area contributed by atoms with Crippen molar-refractivity contribution in [3.05, 3.63) is 94.3 Å². The average molecular weight is 520 g/mol. The molecule has 0 spiro atoms. The van der Waals surface area contributed by atoms with Gasteiger partial charge < -0.3 is 10.4 Å². The topological polar surface area (TPSA) is 84.2 Å². The number of carbonyl (C=O) groups is 2. The highest BCUT2D eigenvalue weighted by molar-refractivity contribution is 7.99. The summed E-state index contributed by atoms with van der Waals surface area (Å²) in [6, 6.07) is 19.2. The largest absolute Gasteiger partial charge is 0.481 e. The molecular weight excluding hydrogens is 494 g/mol. The maximum absolute atomic E-state index is 12.7. The number of anilines is 1. The number of halogens is 1. The van der Waals surface area contributed by atoms with Crippen LogP contribution in [0, 0.1) is 20.8 Å². The summed E-state index contributed by atoms with van der Waals surface area (Å²) in [6.07, 6.45) is 1.77. The highest BCUT2D eigenvalue weighted by Crippen LogP contribution is 2.29. The van der Waals surface area contributed by atoms with Gasteiger partial charge in [0.2, 0.25) is 5.91 Å². The summed E-state index contributed by atoms with van der Waals surface area (Å²) in [7, 11) is 0. The number of carboxylic acids is 1. The lowest BCUT2D eigenvalue weighted by molar-refractivity contribution is -0.136. The molecule has 1 amide bonds. The number of benzene rings is 3. The van der Waals surface area contributed by atoms with Crippen molar-refractivity contribution in [3.8, 4) is 16.8 Å². The molecule has 4 rings (SSSR count). The Hall–Kier alpha value is -3.55. The van der Waals surface area contributed by atoms with Crippen molar-refractivity contribution in [2.45, 2.75) is 32.3 Å². The van der Waals surface area contributed by atoms with Crippen molar-refractivity contribution in [2.75, 3.05) is 11.1 Å². The summed E-state index contributed by atoms with van der Waals surface area (Å²) >= 11 is 7.83. The van der Waals surface area contributed by atoms with E-state index in [9.17, 15) is 9.59 Å². The first-order valence-electron chi connectivity index (χ1n) is 11.4. The van der Waals surface area contributed by atoms with Crippen molar-refractivity contribution >= 4 is 40.9 Å². The van der Waals surface area contributed by atoms with Crippen LogP contribution in [0.3, 0.4) is 0 Å². The second-order valence-corrected chi connectivity index (χ2v) is 9.96.